The molecular weight excluding hydrogens is 496 g/mol. The van der Waals surface area contributed by atoms with Gasteiger partial charge in [-0.25, -0.2) is 0 Å². The van der Waals surface area contributed by atoms with E-state index in [0.717, 1.165) is 61.8 Å². The summed E-state index contributed by atoms with van der Waals surface area (Å²) >= 11 is 0. The highest BCUT2D eigenvalue weighted by molar-refractivity contribution is 5.65. The monoisotopic (exact) mass is 530 g/mol. The van der Waals surface area contributed by atoms with Gasteiger partial charge in [-0.15, -0.1) is 0 Å². The molecule has 1 aliphatic carbocycles. The van der Waals surface area contributed by atoms with Crippen molar-refractivity contribution in [2.24, 2.45) is 5.92 Å². The average Bonchev–Trinajstić information content (AvgIpc) is 3.08. The molecule has 2 bridgehead atoms. The van der Waals surface area contributed by atoms with Gasteiger partial charge in [-0.3, -0.25) is 0 Å². The molecule has 202 valence electrons. The number of aromatic hydroxyl groups is 1. The Morgan fingerprint density at radius 2 is 1.30 bits per heavy atom. The van der Waals surface area contributed by atoms with Crippen molar-refractivity contribution in [2.45, 2.75) is 70.2 Å². The molecule has 3 aliphatic heterocycles. The molecule has 0 radical (unpaired) electrons. The molecule has 0 amide bonds. The lowest BCUT2D eigenvalue weighted by Gasteiger charge is -2.58. The third kappa shape index (κ3) is 2.50. The van der Waals surface area contributed by atoms with Crippen molar-refractivity contribution in [2.75, 3.05) is 0 Å². The number of hydrogen-bond donors (Lipinski definition) is 1. The summed E-state index contributed by atoms with van der Waals surface area (Å²) in [7, 11) is 0. The molecule has 1 fully saturated rings. The van der Waals surface area contributed by atoms with Crippen LogP contribution in [0.15, 0.2) is 72.8 Å². The van der Waals surface area contributed by atoms with Crippen molar-refractivity contribution in [3.05, 3.63) is 117 Å². The van der Waals surface area contributed by atoms with Crippen LogP contribution in [0, 0.1) is 33.6 Å². The van der Waals surface area contributed by atoms with Crippen LogP contribution < -0.4 is 14.2 Å². The molecule has 0 unspecified atom stereocenters. The third-order valence-electron chi connectivity index (χ3n) is 10.4. The van der Waals surface area contributed by atoms with E-state index in [4.69, 9.17) is 14.2 Å². The second-order valence-corrected chi connectivity index (χ2v) is 12.9. The fraction of sp³-hybridized carbons (Fsp3) is 0.333. The Kier molecular flexibility index (Phi) is 4.32. The lowest BCUT2D eigenvalue weighted by atomic mass is 9.57. The standard InChI is InChI=1S/C36H34O4/c1-20-13-15-26(37)24(17-20)36-32-34(6,31-23(4)10-8-12-29(31)40-36)38-27-16-14-21(2)18-25(27)35(32)19-33(36,5)30-22(3)9-7-11-28(30)39-35/h7-18,32,37H,19H2,1-6H3/t32-,33-,34+,35+,36-/m1/s1. The van der Waals surface area contributed by atoms with Gasteiger partial charge in [0.2, 0.25) is 0 Å². The molecule has 3 heterocycles. The molecule has 0 saturated heterocycles. The molecule has 1 saturated carbocycles. The highest BCUT2D eigenvalue weighted by atomic mass is 16.6. The zero-order valence-corrected chi connectivity index (χ0v) is 23.9. The first-order chi connectivity index (χ1) is 19.0. The summed E-state index contributed by atoms with van der Waals surface area (Å²) in [6.45, 7) is 13.0. The normalized spacial score (nSPS) is 32.0. The number of hydrogen-bond acceptors (Lipinski definition) is 4. The van der Waals surface area contributed by atoms with Gasteiger partial charge in [-0.1, -0.05) is 54.4 Å². The van der Waals surface area contributed by atoms with Crippen LogP contribution in [0.5, 0.6) is 23.0 Å². The molecule has 40 heavy (non-hydrogen) atoms. The average molecular weight is 531 g/mol. The number of aryl methyl sites for hydroxylation is 4. The van der Waals surface area contributed by atoms with E-state index in [0.29, 0.717) is 6.42 Å². The van der Waals surface area contributed by atoms with Crippen LogP contribution in [-0.4, -0.2) is 5.11 Å². The predicted molar refractivity (Wildman–Crippen MR) is 154 cm³/mol. The Morgan fingerprint density at radius 1 is 0.675 bits per heavy atom. The van der Waals surface area contributed by atoms with E-state index in [1.54, 1.807) is 0 Å². The van der Waals surface area contributed by atoms with Crippen molar-refractivity contribution in [3.8, 4) is 23.0 Å². The van der Waals surface area contributed by atoms with Crippen LogP contribution in [0.3, 0.4) is 0 Å². The predicted octanol–water partition coefficient (Wildman–Crippen LogP) is 7.79. The lowest BCUT2D eigenvalue weighted by molar-refractivity contribution is -0.184. The van der Waals surface area contributed by atoms with Gasteiger partial charge in [0.15, 0.2) is 5.60 Å². The third-order valence-corrected chi connectivity index (χ3v) is 10.4. The molecule has 1 N–H and O–H groups in total. The van der Waals surface area contributed by atoms with Crippen LogP contribution in [0.25, 0.3) is 0 Å². The number of fused-ring (bicyclic) bond motifs is 7. The van der Waals surface area contributed by atoms with Crippen molar-refractivity contribution in [1.29, 1.82) is 0 Å². The molecule has 4 aromatic rings. The number of ether oxygens (including phenoxy) is 3. The zero-order chi connectivity index (χ0) is 27.8. The van der Waals surface area contributed by atoms with Gasteiger partial charge in [0.05, 0.1) is 5.92 Å². The first kappa shape index (κ1) is 23.9. The number of rotatable bonds is 1. The molecule has 8 rings (SSSR count). The van der Waals surface area contributed by atoms with Crippen LogP contribution >= 0.6 is 0 Å². The van der Waals surface area contributed by atoms with E-state index < -0.39 is 22.2 Å². The van der Waals surface area contributed by atoms with E-state index in [1.807, 2.05) is 12.1 Å². The van der Waals surface area contributed by atoms with Crippen molar-refractivity contribution in [1.82, 2.24) is 0 Å². The largest absolute Gasteiger partial charge is 0.508 e. The van der Waals surface area contributed by atoms with Gasteiger partial charge in [-0.2, -0.15) is 0 Å². The topological polar surface area (TPSA) is 47.9 Å². The van der Waals surface area contributed by atoms with E-state index in [1.165, 1.54) is 0 Å². The Hall–Kier alpha value is -3.92. The summed E-state index contributed by atoms with van der Waals surface area (Å²) in [6, 6.07) is 24.9. The summed E-state index contributed by atoms with van der Waals surface area (Å²) in [5.74, 6) is 2.46. The van der Waals surface area contributed by atoms with Crippen molar-refractivity contribution >= 4 is 0 Å². The number of phenolic OH excluding ortho intramolecular Hbond substituents is 1. The molecule has 4 heteroatoms. The fourth-order valence-corrected chi connectivity index (χ4v) is 9.25. The molecule has 1 spiro atoms. The second-order valence-electron chi connectivity index (χ2n) is 12.9. The molecule has 5 atom stereocenters. The van der Waals surface area contributed by atoms with Crippen LogP contribution in [-0.2, 0) is 22.2 Å². The minimum Gasteiger partial charge on any atom is -0.508 e. The Morgan fingerprint density at radius 3 is 2.02 bits per heavy atom. The maximum absolute atomic E-state index is 11.7. The molecule has 4 nitrogen and oxygen atoms in total. The summed E-state index contributed by atoms with van der Waals surface area (Å²) < 4.78 is 22.1. The Bertz CT molecular complexity index is 1770. The van der Waals surface area contributed by atoms with Gasteiger partial charge in [0, 0.05) is 34.1 Å². The summed E-state index contributed by atoms with van der Waals surface area (Å²) in [6.07, 6.45) is 0.693. The fourth-order valence-electron chi connectivity index (χ4n) is 9.25. The minimum atomic E-state index is -0.989. The van der Waals surface area contributed by atoms with E-state index in [9.17, 15) is 5.11 Å². The van der Waals surface area contributed by atoms with Gasteiger partial charge >= 0.3 is 0 Å². The number of phenols is 1. The molecular formula is C36H34O4. The first-order valence-electron chi connectivity index (χ1n) is 14.2. The maximum atomic E-state index is 11.7. The van der Waals surface area contributed by atoms with E-state index in [2.05, 4.69) is 102 Å². The van der Waals surface area contributed by atoms with Crippen LogP contribution in [0.1, 0.15) is 64.8 Å². The quantitative estimate of drug-likeness (QED) is 0.273. The van der Waals surface area contributed by atoms with Gasteiger partial charge in [-0.05, 0) is 82.1 Å². The summed E-state index contributed by atoms with van der Waals surface area (Å²) in [4.78, 5) is 0. The smallest absolute Gasteiger partial charge is 0.158 e. The molecule has 4 aromatic carbocycles. The first-order valence-corrected chi connectivity index (χ1v) is 14.2. The van der Waals surface area contributed by atoms with Crippen molar-refractivity contribution in [3.63, 3.8) is 0 Å². The van der Waals surface area contributed by atoms with Gasteiger partial charge in [0.1, 0.15) is 34.2 Å². The summed E-state index contributed by atoms with van der Waals surface area (Å²) in [5, 5.41) is 11.7. The van der Waals surface area contributed by atoms with E-state index in [-0.39, 0.29) is 11.7 Å². The highest BCUT2D eigenvalue weighted by Crippen LogP contribution is 2.78. The lowest BCUT2D eigenvalue weighted by Crippen LogP contribution is -2.64. The van der Waals surface area contributed by atoms with Crippen LogP contribution in [0.4, 0.5) is 0 Å². The SMILES string of the molecule is Cc1ccc2c(c1)[C@]13C[C@](C)(c4c(C)cccc4O1)[C@]1(c4cc(C)ccc4O)Oc4cccc(C)c4[C@](C)(O2)[C@H]31. The zero-order valence-electron chi connectivity index (χ0n) is 23.9. The van der Waals surface area contributed by atoms with Crippen LogP contribution in [0.2, 0.25) is 0 Å². The molecule has 4 aliphatic rings. The minimum absolute atomic E-state index is 0.234. The van der Waals surface area contributed by atoms with Crippen molar-refractivity contribution < 1.29 is 19.3 Å². The summed E-state index contributed by atoms with van der Waals surface area (Å²) in [5.41, 5.74) is 5.45. The Labute approximate surface area is 235 Å². The van der Waals surface area contributed by atoms with E-state index >= 15 is 0 Å². The van der Waals surface area contributed by atoms with Gasteiger partial charge < -0.3 is 19.3 Å². The highest BCUT2D eigenvalue weighted by Gasteiger charge is 2.83. The van der Waals surface area contributed by atoms with Gasteiger partial charge in [0.25, 0.3) is 0 Å². The molecule has 0 aromatic heterocycles. The number of benzene rings is 4. The Balaban J connectivity index is 1.61. The maximum Gasteiger partial charge on any atom is 0.158 e. The second kappa shape index (κ2) is 7.23.